The van der Waals surface area contributed by atoms with Crippen LogP contribution in [0.25, 0.3) is 11.0 Å². The van der Waals surface area contributed by atoms with Crippen LogP contribution in [0.4, 0.5) is 5.69 Å². The van der Waals surface area contributed by atoms with Crippen LogP contribution < -0.4 is 19.7 Å². The Morgan fingerprint density at radius 3 is 2.12 bits per heavy atom. The van der Waals surface area contributed by atoms with E-state index in [0.29, 0.717) is 34.8 Å². The number of fused-ring (bicyclic) bond motifs is 1. The number of benzene rings is 4. The summed E-state index contributed by atoms with van der Waals surface area (Å²) in [7, 11) is 3.15. The molecular weight excluding hydrogens is 506 g/mol. The van der Waals surface area contributed by atoms with Crippen molar-refractivity contribution in [3.05, 3.63) is 114 Å². The maximum absolute atomic E-state index is 14.1. The Morgan fingerprint density at radius 2 is 1.45 bits per heavy atom. The molecule has 0 aliphatic heterocycles. The van der Waals surface area contributed by atoms with E-state index in [1.165, 1.54) is 4.90 Å². The van der Waals surface area contributed by atoms with Gasteiger partial charge in [0.2, 0.25) is 11.8 Å². The fraction of sp³-hybridized carbons (Fsp3) is 0.161. The Hall–Kier alpha value is -5.18. The molecule has 1 atom stereocenters. The second-order valence-electron chi connectivity index (χ2n) is 9.08. The lowest BCUT2D eigenvalue weighted by Gasteiger charge is -2.32. The number of nitrogens with zero attached hydrogens (tertiary/aromatic N) is 4. The number of hydrogen-bond donors (Lipinski definition) is 1. The highest BCUT2D eigenvalue weighted by atomic mass is 16.5. The number of rotatable bonds is 10. The van der Waals surface area contributed by atoms with Gasteiger partial charge in [-0.05, 0) is 59.7 Å². The van der Waals surface area contributed by atoms with Gasteiger partial charge in [0, 0.05) is 12.2 Å². The quantitative estimate of drug-likeness (QED) is 0.282. The van der Waals surface area contributed by atoms with E-state index >= 15 is 0 Å². The third-order valence-electron chi connectivity index (χ3n) is 6.57. The molecule has 0 aliphatic carbocycles. The maximum atomic E-state index is 14.1. The Morgan fingerprint density at radius 1 is 0.825 bits per heavy atom. The van der Waals surface area contributed by atoms with Crippen LogP contribution in [0.2, 0.25) is 0 Å². The van der Waals surface area contributed by atoms with Gasteiger partial charge >= 0.3 is 0 Å². The molecule has 2 amide bonds. The Bertz CT molecular complexity index is 1580. The van der Waals surface area contributed by atoms with Gasteiger partial charge in [-0.2, -0.15) is 0 Å². The van der Waals surface area contributed by atoms with Crippen LogP contribution in [0, 0.1) is 0 Å². The molecule has 0 bridgehead atoms. The van der Waals surface area contributed by atoms with Gasteiger partial charge in [-0.15, -0.1) is 5.10 Å². The molecule has 0 spiro atoms. The molecule has 4 aromatic carbocycles. The van der Waals surface area contributed by atoms with Gasteiger partial charge in [0.1, 0.15) is 29.6 Å². The first kappa shape index (κ1) is 26.4. The molecule has 0 unspecified atom stereocenters. The number of para-hydroxylation sites is 1. The molecule has 0 aliphatic rings. The van der Waals surface area contributed by atoms with Crippen LogP contribution in [0.5, 0.6) is 11.5 Å². The zero-order valence-electron chi connectivity index (χ0n) is 22.2. The van der Waals surface area contributed by atoms with Gasteiger partial charge in [0.05, 0.1) is 19.7 Å². The largest absolute Gasteiger partial charge is 0.497 e. The van der Waals surface area contributed by atoms with Crippen molar-refractivity contribution in [1.82, 2.24) is 20.3 Å². The number of nitrogens with one attached hydrogen (secondary N) is 1. The predicted octanol–water partition coefficient (Wildman–Crippen LogP) is 4.54. The van der Waals surface area contributed by atoms with Crippen molar-refractivity contribution in [2.75, 3.05) is 19.1 Å². The number of anilines is 1. The van der Waals surface area contributed by atoms with Crippen molar-refractivity contribution in [1.29, 1.82) is 0 Å². The lowest BCUT2D eigenvalue weighted by atomic mass is 10.0. The van der Waals surface area contributed by atoms with Gasteiger partial charge < -0.3 is 14.8 Å². The molecule has 0 saturated carbocycles. The molecule has 0 saturated heterocycles. The summed E-state index contributed by atoms with van der Waals surface area (Å²) in [5.41, 5.74) is 3.50. The zero-order chi connectivity index (χ0) is 27.9. The van der Waals surface area contributed by atoms with Gasteiger partial charge in [0.15, 0.2) is 0 Å². The summed E-state index contributed by atoms with van der Waals surface area (Å²) in [6.07, 6.45) is 0. The van der Waals surface area contributed by atoms with Crippen LogP contribution in [-0.2, 0) is 22.7 Å². The van der Waals surface area contributed by atoms with Crippen molar-refractivity contribution in [3.63, 3.8) is 0 Å². The number of carbonyl (C=O) groups is 2. The summed E-state index contributed by atoms with van der Waals surface area (Å²) in [6.45, 7) is 0.190. The maximum Gasteiger partial charge on any atom is 0.249 e. The van der Waals surface area contributed by atoms with E-state index in [1.807, 2.05) is 54.6 Å². The van der Waals surface area contributed by atoms with E-state index < -0.39 is 6.04 Å². The SMILES string of the molecule is COc1ccc([C@H](C(=O)NCc2ccccc2)N(C(=O)Cn2nnc3ccccc32)c2ccc(OC)cc2)cc1. The minimum absolute atomic E-state index is 0.120. The molecule has 1 heterocycles. The molecule has 9 heteroatoms. The molecule has 40 heavy (non-hydrogen) atoms. The van der Waals surface area contributed by atoms with E-state index in [0.717, 1.165) is 11.1 Å². The van der Waals surface area contributed by atoms with E-state index in [-0.39, 0.29) is 18.4 Å². The average molecular weight is 536 g/mol. The third kappa shape index (κ3) is 5.78. The molecule has 9 nitrogen and oxygen atoms in total. The standard InChI is InChI=1S/C31H29N5O4/c1-39-25-16-12-23(13-17-25)30(31(38)32-20-22-8-4-3-5-9-22)36(24-14-18-26(40-2)19-15-24)29(37)21-35-28-11-7-6-10-27(28)33-34-35/h3-19,30H,20-21H2,1-2H3,(H,32,38)/t30-/m1/s1. The second kappa shape index (κ2) is 12.1. The van der Waals surface area contributed by atoms with Gasteiger partial charge in [-0.25, -0.2) is 4.68 Å². The van der Waals surface area contributed by atoms with Crippen molar-refractivity contribution >= 4 is 28.5 Å². The number of ether oxygens (including phenoxy) is 2. The topological polar surface area (TPSA) is 98.6 Å². The zero-order valence-corrected chi connectivity index (χ0v) is 22.2. The van der Waals surface area contributed by atoms with Gasteiger partial charge in [0.25, 0.3) is 0 Å². The molecule has 202 valence electrons. The minimum atomic E-state index is -0.981. The van der Waals surface area contributed by atoms with Gasteiger partial charge in [-0.1, -0.05) is 59.8 Å². The third-order valence-corrected chi connectivity index (χ3v) is 6.57. The van der Waals surface area contributed by atoms with Crippen LogP contribution in [0.15, 0.2) is 103 Å². The van der Waals surface area contributed by atoms with E-state index in [2.05, 4.69) is 15.6 Å². The molecule has 0 fully saturated rings. The predicted molar refractivity (Wildman–Crippen MR) is 152 cm³/mol. The molecular formula is C31H29N5O4. The average Bonchev–Trinajstić information content (AvgIpc) is 3.41. The minimum Gasteiger partial charge on any atom is -0.497 e. The second-order valence-corrected chi connectivity index (χ2v) is 9.08. The fourth-order valence-electron chi connectivity index (χ4n) is 4.50. The Kier molecular flexibility index (Phi) is 8.01. The summed E-state index contributed by atoms with van der Waals surface area (Å²) < 4.78 is 12.2. The summed E-state index contributed by atoms with van der Waals surface area (Å²) in [5.74, 6) is 0.606. The van der Waals surface area contributed by atoms with Crippen molar-refractivity contribution in [2.24, 2.45) is 0 Å². The number of carbonyl (C=O) groups excluding carboxylic acids is 2. The van der Waals surface area contributed by atoms with Gasteiger partial charge in [-0.3, -0.25) is 14.5 Å². The lowest BCUT2D eigenvalue weighted by molar-refractivity contribution is -0.127. The highest BCUT2D eigenvalue weighted by Gasteiger charge is 2.33. The summed E-state index contributed by atoms with van der Waals surface area (Å²) in [4.78, 5) is 29.6. The van der Waals surface area contributed by atoms with E-state index in [9.17, 15) is 9.59 Å². The fourth-order valence-corrected chi connectivity index (χ4v) is 4.50. The van der Waals surface area contributed by atoms with Crippen molar-refractivity contribution in [2.45, 2.75) is 19.1 Å². The summed E-state index contributed by atoms with van der Waals surface area (Å²) in [5, 5.41) is 11.4. The molecule has 5 aromatic rings. The first-order chi connectivity index (χ1) is 19.6. The van der Waals surface area contributed by atoms with Crippen molar-refractivity contribution < 1.29 is 19.1 Å². The summed E-state index contributed by atoms with van der Waals surface area (Å²) >= 11 is 0. The number of hydrogen-bond acceptors (Lipinski definition) is 6. The van der Waals surface area contributed by atoms with Crippen LogP contribution >= 0.6 is 0 Å². The monoisotopic (exact) mass is 535 g/mol. The Labute approximate surface area is 231 Å². The number of methoxy groups -OCH3 is 2. The smallest absolute Gasteiger partial charge is 0.249 e. The van der Waals surface area contributed by atoms with Crippen LogP contribution in [0.3, 0.4) is 0 Å². The first-order valence-corrected chi connectivity index (χ1v) is 12.8. The molecule has 0 radical (unpaired) electrons. The highest BCUT2D eigenvalue weighted by molar-refractivity contribution is 6.01. The van der Waals surface area contributed by atoms with Crippen LogP contribution in [-0.4, -0.2) is 41.0 Å². The number of amides is 2. The molecule has 5 rings (SSSR count). The normalized spacial score (nSPS) is 11.6. The summed E-state index contributed by atoms with van der Waals surface area (Å²) in [6, 6.07) is 30.2. The number of aromatic nitrogens is 3. The van der Waals surface area contributed by atoms with Crippen molar-refractivity contribution in [3.8, 4) is 11.5 Å². The van der Waals surface area contributed by atoms with E-state index in [1.54, 1.807) is 67.4 Å². The Balaban J connectivity index is 1.55. The molecule has 1 N–H and O–H groups in total. The molecule has 1 aromatic heterocycles. The van der Waals surface area contributed by atoms with E-state index in [4.69, 9.17) is 9.47 Å². The first-order valence-electron chi connectivity index (χ1n) is 12.8. The van der Waals surface area contributed by atoms with Crippen LogP contribution in [0.1, 0.15) is 17.2 Å². The lowest BCUT2D eigenvalue weighted by Crippen LogP contribution is -2.45. The highest BCUT2D eigenvalue weighted by Crippen LogP contribution is 2.31.